The van der Waals surface area contributed by atoms with Crippen LogP contribution in [0.3, 0.4) is 0 Å². The molecule has 1 heterocycles. The van der Waals surface area contributed by atoms with Crippen LogP contribution in [0.25, 0.3) is 0 Å². The summed E-state index contributed by atoms with van der Waals surface area (Å²) in [7, 11) is 1.54. The van der Waals surface area contributed by atoms with Crippen molar-refractivity contribution >= 4 is 5.91 Å². The lowest BCUT2D eigenvalue weighted by Gasteiger charge is -2.12. The highest BCUT2D eigenvalue weighted by Crippen LogP contribution is 2.29. The van der Waals surface area contributed by atoms with E-state index >= 15 is 0 Å². The van der Waals surface area contributed by atoms with Crippen molar-refractivity contribution in [3.63, 3.8) is 0 Å². The molecular formula is C20H28N2O5. The van der Waals surface area contributed by atoms with Crippen molar-refractivity contribution in [1.82, 2.24) is 10.5 Å². The first-order valence-electron chi connectivity index (χ1n) is 9.04. The number of carbonyl (C=O) groups is 1. The van der Waals surface area contributed by atoms with Crippen molar-refractivity contribution in [1.29, 1.82) is 0 Å². The monoisotopic (exact) mass is 376 g/mol. The standard InChI is InChI=1S/C20H28N2O5/c1-13(2)25-10-6-9-21-20(23)16-7-8-18(19(11-16)24-5)26-12-17-14(3)22-27-15(17)4/h7-8,11,13H,6,9-10,12H2,1-5H3,(H,21,23). The number of aryl methyl sites for hydroxylation is 2. The number of carbonyl (C=O) groups excluding carboxylic acids is 1. The molecule has 1 amide bonds. The zero-order chi connectivity index (χ0) is 19.8. The van der Waals surface area contributed by atoms with Crippen molar-refractivity contribution in [2.45, 2.75) is 46.8 Å². The lowest BCUT2D eigenvalue weighted by molar-refractivity contribution is 0.0757. The normalized spacial score (nSPS) is 10.9. The van der Waals surface area contributed by atoms with Gasteiger partial charge in [-0.25, -0.2) is 0 Å². The molecular weight excluding hydrogens is 348 g/mol. The van der Waals surface area contributed by atoms with Crippen LogP contribution in [0.5, 0.6) is 11.5 Å². The number of ether oxygens (including phenoxy) is 3. The molecule has 0 atom stereocenters. The van der Waals surface area contributed by atoms with Crippen molar-refractivity contribution in [2.75, 3.05) is 20.3 Å². The van der Waals surface area contributed by atoms with Gasteiger partial charge in [0.2, 0.25) is 0 Å². The van der Waals surface area contributed by atoms with Crippen molar-refractivity contribution in [3.8, 4) is 11.5 Å². The molecule has 0 spiro atoms. The summed E-state index contributed by atoms with van der Waals surface area (Å²) in [6.07, 6.45) is 0.961. The molecule has 1 N–H and O–H groups in total. The van der Waals surface area contributed by atoms with Crippen LogP contribution < -0.4 is 14.8 Å². The Kier molecular flexibility index (Phi) is 7.67. The molecule has 1 aromatic carbocycles. The van der Waals surface area contributed by atoms with Gasteiger partial charge >= 0.3 is 0 Å². The highest BCUT2D eigenvalue weighted by atomic mass is 16.5. The van der Waals surface area contributed by atoms with Crippen LogP contribution in [0.1, 0.15) is 47.6 Å². The Morgan fingerprint density at radius 3 is 2.67 bits per heavy atom. The maximum Gasteiger partial charge on any atom is 0.251 e. The lowest BCUT2D eigenvalue weighted by atomic mass is 10.2. The lowest BCUT2D eigenvalue weighted by Crippen LogP contribution is -2.25. The van der Waals surface area contributed by atoms with Gasteiger partial charge < -0.3 is 24.1 Å². The van der Waals surface area contributed by atoms with E-state index in [1.807, 2.05) is 27.7 Å². The molecule has 7 heteroatoms. The molecule has 1 aromatic heterocycles. The Morgan fingerprint density at radius 2 is 2.04 bits per heavy atom. The van der Waals surface area contributed by atoms with Gasteiger partial charge in [0.05, 0.1) is 24.5 Å². The summed E-state index contributed by atoms with van der Waals surface area (Å²) in [5.41, 5.74) is 2.22. The number of nitrogens with one attached hydrogen (secondary N) is 1. The van der Waals surface area contributed by atoms with Gasteiger partial charge in [-0.15, -0.1) is 0 Å². The first-order chi connectivity index (χ1) is 12.9. The van der Waals surface area contributed by atoms with Crippen molar-refractivity contribution < 1.29 is 23.5 Å². The number of hydrogen-bond donors (Lipinski definition) is 1. The third kappa shape index (κ3) is 5.99. The van der Waals surface area contributed by atoms with Crippen LogP contribution in [0.15, 0.2) is 22.7 Å². The number of nitrogens with zero attached hydrogens (tertiary/aromatic N) is 1. The SMILES string of the molecule is COc1cc(C(=O)NCCCOC(C)C)ccc1OCc1c(C)noc1C. The first kappa shape index (κ1) is 20.8. The maximum absolute atomic E-state index is 12.3. The summed E-state index contributed by atoms with van der Waals surface area (Å²) in [6.45, 7) is 9.18. The number of benzene rings is 1. The fourth-order valence-corrected chi connectivity index (χ4v) is 2.48. The average Bonchev–Trinajstić information content (AvgIpc) is 2.97. The number of methoxy groups -OCH3 is 1. The predicted octanol–water partition coefficient (Wildman–Crippen LogP) is 3.42. The Labute approximate surface area is 160 Å². The number of hydrogen-bond acceptors (Lipinski definition) is 6. The Balaban J connectivity index is 1.93. The van der Waals surface area contributed by atoms with Crippen LogP contribution in [0.2, 0.25) is 0 Å². The van der Waals surface area contributed by atoms with Gasteiger partial charge in [0, 0.05) is 18.7 Å². The van der Waals surface area contributed by atoms with E-state index in [4.69, 9.17) is 18.7 Å². The van der Waals surface area contributed by atoms with E-state index in [0.29, 0.717) is 36.8 Å². The molecule has 0 aliphatic heterocycles. The highest BCUT2D eigenvalue weighted by molar-refractivity contribution is 5.94. The van der Waals surface area contributed by atoms with Gasteiger partial charge in [-0.2, -0.15) is 0 Å². The molecule has 0 radical (unpaired) electrons. The number of aromatic nitrogens is 1. The van der Waals surface area contributed by atoms with Crippen LogP contribution in [-0.4, -0.2) is 37.4 Å². The zero-order valence-electron chi connectivity index (χ0n) is 16.6. The summed E-state index contributed by atoms with van der Waals surface area (Å²) in [5.74, 6) is 1.62. The highest BCUT2D eigenvalue weighted by Gasteiger charge is 2.14. The largest absolute Gasteiger partial charge is 0.493 e. The molecule has 2 rings (SSSR count). The van der Waals surface area contributed by atoms with E-state index in [1.54, 1.807) is 25.3 Å². The quantitative estimate of drug-likeness (QED) is 0.640. The van der Waals surface area contributed by atoms with Crippen LogP contribution in [0.4, 0.5) is 0 Å². The number of amides is 1. The molecule has 0 bridgehead atoms. The zero-order valence-corrected chi connectivity index (χ0v) is 16.6. The third-order valence-electron chi connectivity index (χ3n) is 4.04. The first-order valence-corrected chi connectivity index (χ1v) is 9.04. The Hall–Kier alpha value is -2.54. The molecule has 0 aliphatic carbocycles. The molecule has 2 aromatic rings. The second-order valence-corrected chi connectivity index (χ2v) is 6.49. The molecule has 0 unspecified atom stereocenters. The van der Waals surface area contributed by atoms with Crippen molar-refractivity contribution in [3.05, 3.63) is 40.8 Å². The van der Waals surface area contributed by atoms with E-state index in [-0.39, 0.29) is 12.0 Å². The van der Waals surface area contributed by atoms with E-state index in [2.05, 4.69) is 10.5 Å². The smallest absolute Gasteiger partial charge is 0.251 e. The maximum atomic E-state index is 12.3. The fraction of sp³-hybridized carbons (Fsp3) is 0.500. The van der Waals surface area contributed by atoms with Gasteiger partial charge in [-0.1, -0.05) is 5.16 Å². The number of rotatable bonds is 10. The Morgan fingerprint density at radius 1 is 1.26 bits per heavy atom. The molecule has 0 saturated heterocycles. The second-order valence-electron chi connectivity index (χ2n) is 6.49. The molecule has 148 valence electrons. The van der Waals surface area contributed by atoms with Gasteiger partial charge in [0.25, 0.3) is 5.91 Å². The second kappa shape index (κ2) is 9.97. The Bertz CT molecular complexity index is 735. The van der Waals surface area contributed by atoms with Crippen LogP contribution >= 0.6 is 0 Å². The van der Waals surface area contributed by atoms with Crippen LogP contribution in [-0.2, 0) is 11.3 Å². The topological polar surface area (TPSA) is 82.8 Å². The molecule has 27 heavy (non-hydrogen) atoms. The minimum absolute atomic E-state index is 0.157. The summed E-state index contributed by atoms with van der Waals surface area (Å²) in [5, 5.41) is 6.79. The van der Waals surface area contributed by atoms with E-state index in [9.17, 15) is 4.79 Å². The van der Waals surface area contributed by atoms with E-state index in [1.165, 1.54) is 0 Å². The molecule has 0 aliphatic rings. The predicted molar refractivity (Wildman–Crippen MR) is 101 cm³/mol. The fourth-order valence-electron chi connectivity index (χ4n) is 2.48. The van der Waals surface area contributed by atoms with Crippen molar-refractivity contribution in [2.24, 2.45) is 0 Å². The van der Waals surface area contributed by atoms with Gasteiger partial charge in [-0.3, -0.25) is 4.79 Å². The summed E-state index contributed by atoms with van der Waals surface area (Å²) in [4.78, 5) is 12.3. The summed E-state index contributed by atoms with van der Waals surface area (Å²) >= 11 is 0. The average molecular weight is 376 g/mol. The van der Waals surface area contributed by atoms with Gasteiger partial charge in [0.15, 0.2) is 11.5 Å². The van der Waals surface area contributed by atoms with Crippen LogP contribution in [0, 0.1) is 13.8 Å². The third-order valence-corrected chi connectivity index (χ3v) is 4.04. The summed E-state index contributed by atoms with van der Waals surface area (Å²) in [6, 6.07) is 5.11. The van der Waals surface area contributed by atoms with E-state index in [0.717, 1.165) is 23.4 Å². The van der Waals surface area contributed by atoms with Gasteiger partial charge in [-0.05, 0) is 52.3 Å². The summed E-state index contributed by atoms with van der Waals surface area (Å²) < 4.78 is 21.8. The molecule has 7 nitrogen and oxygen atoms in total. The minimum Gasteiger partial charge on any atom is -0.493 e. The van der Waals surface area contributed by atoms with E-state index < -0.39 is 0 Å². The van der Waals surface area contributed by atoms with Gasteiger partial charge in [0.1, 0.15) is 12.4 Å². The molecule has 0 fully saturated rings. The minimum atomic E-state index is -0.157. The molecule has 0 saturated carbocycles.